The van der Waals surface area contributed by atoms with E-state index in [1.165, 1.54) is 5.56 Å². The smallest absolute Gasteiger partial charge is 0.134 e. The minimum Gasteiger partial charge on any atom is -0.486 e. The monoisotopic (exact) mass is 357 g/mol. The summed E-state index contributed by atoms with van der Waals surface area (Å²) in [5.74, 6) is 0.778. The van der Waals surface area contributed by atoms with Crippen molar-refractivity contribution in [3.63, 3.8) is 0 Å². The number of nitrogens with two attached hydrogens (primary N) is 1. The SMILES string of the molecule is Cc1nn(C)c(COc2ccc(CCN)cc2Br)c1Cl. The van der Waals surface area contributed by atoms with Gasteiger partial charge in [0.25, 0.3) is 0 Å². The number of benzene rings is 1. The molecule has 2 aromatic rings. The average Bonchev–Trinajstić information content (AvgIpc) is 2.64. The van der Waals surface area contributed by atoms with E-state index >= 15 is 0 Å². The Kier molecular flexibility index (Phi) is 5.07. The van der Waals surface area contributed by atoms with Crippen molar-refractivity contribution in [2.75, 3.05) is 6.54 Å². The molecule has 0 amide bonds. The molecule has 0 aliphatic carbocycles. The second kappa shape index (κ2) is 6.61. The third-order valence-corrected chi connectivity index (χ3v) is 4.17. The number of aryl methyl sites for hydroxylation is 2. The largest absolute Gasteiger partial charge is 0.486 e. The number of nitrogens with zero attached hydrogens (tertiary/aromatic N) is 2. The van der Waals surface area contributed by atoms with Crippen LogP contribution in [0.3, 0.4) is 0 Å². The van der Waals surface area contributed by atoms with Crippen molar-refractivity contribution in [1.82, 2.24) is 9.78 Å². The van der Waals surface area contributed by atoms with E-state index in [-0.39, 0.29) is 0 Å². The summed E-state index contributed by atoms with van der Waals surface area (Å²) < 4.78 is 8.47. The molecule has 0 saturated heterocycles. The van der Waals surface area contributed by atoms with Gasteiger partial charge in [0, 0.05) is 7.05 Å². The fourth-order valence-electron chi connectivity index (χ4n) is 1.97. The Morgan fingerprint density at radius 1 is 1.45 bits per heavy atom. The van der Waals surface area contributed by atoms with Gasteiger partial charge >= 0.3 is 0 Å². The number of aromatic nitrogens is 2. The summed E-state index contributed by atoms with van der Waals surface area (Å²) in [5.41, 5.74) is 8.40. The molecular formula is C14H17BrClN3O. The van der Waals surface area contributed by atoms with E-state index in [1.54, 1.807) is 4.68 Å². The summed E-state index contributed by atoms with van der Waals surface area (Å²) in [6.45, 7) is 2.89. The average molecular weight is 359 g/mol. The van der Waals surface area contributed by atoms with Gasteiger partial charge in [-0.15, -0.1) is 0 Å². The molecule has 0 bridgehead atoms. The van der Waals surface area contributed by atoms with E-state index in [0.717, 1.165) is 28.0 Å². The molecule has 0 saturated carbocycles. The number of hydrogen-bond acceptors (Lipinski definition) is 3. The molecule has 1 aromatic carbocycles. The van der Waals surface area contributed by atoms with Crippen LogP contribution >= 0.6 is 27.5 Å². The Labute approximate surface area is 132 Å². The number of rotatable bonds is 5. The Balaban J connectivity index is 2.11. The van der Waals surface area contributed by atoms with E-state index < -0.39 is 0 Å². The van der Waals surface area contributed by atoms with E-state index in [0.29, 0.717) is 18.2 Å². The van der Waals surface area contributed by atoms with Crippen molar-refractivity contribution in [1.29, 1.82) is 0 Å². The summed E-state index contributed by atoms with van der Waals surface area (Å²) in [4.78, 5) is 0. The lowest BCUT2D eigenvalue weighted by Crippen LogP contribution is -2.05. The van der Waals surface area contributed by atoms with Crippen LogP contribution in [0.2, 0.25) is 5.02 Å². The zero-order chi connectivity index (χ0) is 14.7. The van der Waals surface area contributed by atoms with E-state index in [2.05, 4.69) is 21.0 Å². The lowest BCUT2D eigenvalue weighted by atomic mass is 10.1. The van der Waals surface area contributed by atoms with Crippen molar-refractivity contribution in [3.8, 4) is 5.75 Å². The van der Waals surface area contributed by atoms with Crippen LogP contribution in [-0.2, 0) is 20.1 Å². The first-order valence-corrected chi connectivity index (χ1v) is 7.49. The fraction of sp³-hybridized carbons (Fsp3) is 0.357. The van der Waals surface area contributed by atoms with Gasteiger partial charge in [0.2, 0.25) is 0 Å². The van der Waals surface area contributed by atoms with Crippen molar-refractivity contribution >= 4 is 27.5 Å². The van der Waals surface area contributed by atoms with Gasteiger partial charge in [-0.2, -0.15) is 5.10 Å². The topological polar surface area (TPSA) is 53.1 Å². The van der Waals surface area contributed by atoms with Crippen molar-refractivity contribution in [2.45, 2.75) is 20.0 Å². The molecule has 4 nitrogen and oxygen atoms in total. The van der Waals surface area contributed by atoms with Crippen LogP contribution in [0.1, 0.15) is 17.0 Å². The van der Waals surface area contributed by atoms with Gasteiger partial charge in [-0.05, 0) is 53.5 Å². The van der Waals surface area contributed by atoms with Gasteiger partial charge in [0.05, 0.1) is 20.9 Å². The van der Waals surface area contributed by atoms with Crippen LogP contribution in [0.25, 0.3) is 0 Å². The molecular weight excluding hydrogens is 342 g/mol. The summed E-state index contributed by atoms with van der Waals surface area (Å²) in [6, 6.07) is 5.98. The molecule has 2 N–H and O–H groups in total. The lowest BCUT2D eigenvalue weighted by molar-refractivity contribution is 0.293. The van der Waals surface area contributed by atoms with Gasteiger partial charge in [-0.1, -0.05) is 17.7 Å². The second-order valence-corrected chi connectivity index (χ2v) is 5.79. The maximum Gasteiger partial charge on any atom is 0.134 e. The molecule has 1 aromatic heterocycles. The van der Waals surface area contributed by atoms with Crippen LogP contribution in [0.15, 0.2) is 22.7 Å². The molecule has 20 heavy (non-hydrogen) atoms. The van der Waals surface area contributed by atoms with Gasteiger partial charge < -0.3 is 10.5 Å². The Hall–Kier alpha value is -1.04. The summed E-state index contributed by atoms with van der Waals surface area (Å²) in [7, 11) is 1.86. The van der Waals surface area contributed by atoms with Crippen molar-refractivity contribution in [2.24, 2.45) is 12.8 Å². The van der Waals surface area contributed by atoms with Crippen LogP contribution < -0.4 is 10.5 Å². The highest BCUT2D eigenvalue weighted by atomic mass is 79.9. The van der Waals surface area contributed by atoms with Gasteiger partial charge in [0.15, 0.2) is 0 Å². The molecule has 108 valence electrons. The van der Waals surface area contributed by atoms with Gasteiger partial charge in [-0.25, -0.2) is 0 Å². The predicted octanol–water partition coefficient (Wildman–Crippen LogP) is 3.22. The van der Waals surface area contributed by atoms with Gasteiger partial charge in [-0.3, -0.25) is 4.68 Å². The molecule has 2 rings (SSSR count). The third kappa shape index (κ3) is 3.34. The molecule has 0 atom stereocenters. The van der Waals surface area contributed by atoms with Crippen molar-refractivity contribution < 1.29 is 4.74 Å². The van der Waals surface area contributed by atoms with E-state index in [9.17, 15) is 0 Å². The zero-order valence-corrected chi connectivity index (χ0v) is 13.8. The third-order valence-electron chi connectivity index (χ3n) is 3.06. The molecule has 0 fully saturated rings. The quantitative estimate of drug-likeness (QED) is 0.893. The molecule has 0 radical (unpaired) electrons. The van der Waals surface area contributed by atoms with Crippen LogP contribution in [0.5, 0.6) is 5.75 Å². The molecule has 0 aliphatic rings. The summed E-state index contributed by atoms with van der Waals surface area (Å²) >= 11 is 9.71. The van der Waals surface area contributed by atoms with Crippen molar-refractivity contribution in [3.05, 3.63) is 44.6 Å². The molecule has 0 unspecified atom stereocenters. The van der Waals surface area contributed by atoms with E-state index in [1.807, 2.05) is 32.2 Å². The van der Waals surface area contributed by atoms with Crippen LogP contribution in [0, 0.1) is 6.92 Å². The summed E-state index contributed by atoms with van der Waals surface area (Å²) in [6.07, 6.45) is 0.853. The molecule has 6 heteroatoms. The van der Waals surface area contributed by atoms with E-state index in [4.69, 9.17) is 22.1 Å². The Morgan fingerprint density at radius 2 is 2.20 bits per heavy atom. The van der Waals surface area contributed by atoms with Crippen LogP contribution in [0.4, 0.5) is 0 Å². The predicted molar refractivity (Wildman–Crippen MR) is 84.2 cm³/mol. The Morgan fingerprint density at radius 3 is 2.75 bits per heavy atom. The standard InChI is InChI=1S/C14H17BrClN3O/c1-9-14(16)12(19(2)18-9)8-20-13-4-3-10(5-6-17)7-11(13)15/h3-4,7H,5-6,8,17H2,1-2H3. The first-order valence-electron chi connectivity index (χ1n) is 6.32. The first kappa shape index (κ1) is 15.4. The maximum absolute atomic E-state index is 6.20. The second-order valence-electron chi connectivity index (χ2n) is 4.56. The number of ether oxygens (including phenoxy) is 1. The van der Waals surface area contributed by atoms with Gasteiger partial charge in [0.1, 0.15) is 12.4 Å². The molecule has 0 spiro atoms. The maximum atomic E-state index is 6.20. The highest BCUT2D eigenvalue weighted by Crippen LogP contribution is 2.28. The minimum absolute atomic E-state index is 0.380. The highest BCUT2D eigenvalue weighted by molar-refractivity contribution is 9.10. The normalized spacial score (nSPS) is 10.8. The zero-order valence-electron chi connectivity index (χ0n) is 11.5. The highest BCUT2D eigenvalue weighted by Gasteiger charge is 2.12. The minimum atomic E-state index is 0.380. The number of halogens is 2. The first-order chi connectivity index (χ1) is 9.52. The molecule has 1 heterocycles. The lowest BCUT2D eigenvalue weighted by Gasteiger charge is -2.10. The molecule has 0 aliphatic heterocycles. The Bertz CT molecular complexity index is 613. The summed E-state index contributed by atoms with van der Waals surface area (Å²) in [5, 5.41) is 4.92. The number of hydrogen-bond donors (Lipinski definition) is 1. The fourth-order valence-corrected chi connectivity index (χ4v) is 2.72. The van der Waals surface area contributed by atoms with Crippen LogP contribution in [-0.4, -0.2) is 16.3 Å².